The summed E-state index contributed by atoms with van der Waals surface area (Å²) in [6.07, 6.45) is 4.86. The fourth-order valence-corrected chi connectivity index (χ4v) is 2.05. The van der Waals surface area contributed by atoms with Crippen LogP contribution in [-0.2, 0) is 11.2 Å². The fourth-order valence-electron chi connectivity index (χ4n) is 2.05. The molecule has 0 aromatic heterocycles. The summed E-state index contributed by atoms with van der Waals surface area (Å²) in [7, 11) is 0. The minimum atomic E-state index is 0.341. The molecule has 0 aliphatic carbocycles. The van der Waals surface area contributed by atoms with Gasteiger partial charge in [-0.3, -0.25) is 0 Å². The normalized spacial score (nSPS) is 20.7. The van der Waals surface area contributed by atoms with Crippen molar-refractivity contribution < 1.29 is 4.74 Å². The predicted molar refractivity (Wildman–Crippen MR) is 61.7 cm³/mol. The highest BCUT2D eigenvalue weighted by molar-refractivity contribution is 5.24. The first-order chi connectivity index (χ1) is 7.40. The molecule has 1 aromatic rings. The van der Waals surface area contributed by atoms with Crippen molar-refractivity contribution in [1.82, 2.24) is 0 Å². The lowest BCUT2D eigenvalue weighted by atomic mass is 10.0. The molecule has 2 N–H and O–H groups in total. The minimum absolute atomic E-state index is 0.341. The Kier molecular flexibility index (Phi) is 3.75. The van der Waals surface area contributed by atoms with Gasteiger partial charge in [-0.15, -0.1) is 0 Å². The van der Waals surface area contributed by atoms with Crippen LogP contribution in [0.15, 0.2) is 24.3 Å². The Morgan fingerprint density at radius 3 is 2.67 bits per heavy atom. The van der Waals surface area contributed by atoms with Gasteiger partial charge >= 0.3 is 0 Å². The zero-order valence-electron chi connectivity index (χ0n) is 9.11. The molecule has 82 valence electrons. The standard InChI is InChI=1S/C13H19NO/c14-9-1-3-11-5-7-12(8-6-11)13-4-2-10-15-13/h5-8,13H,1-4,9-10,14H2. The van der Waals surface area contributed by atoms with Crippen LogP contribution in [0.5, 0.6) is 0 Å². The Bertz CT molecular complexity index is 288. The van der Waals surface area contributed by atoms with E-state index in [0.29, 0.717) is 6.10 Å². The highest BCUT2D eigenvalue weighted by Gasteiger charge is 2.16. The van der Waals surface area contributed by atoms with Crippen LogP contribution in [0.3, 0.4) is 0 Å². The van der Waals surface area contributed by atoms with Crippen molar-refractivity contribution in [2.24, 2.45) is 5.73 Å². The van der Waals surface area contributed by atoms with E-state index in [2.05, 4.69) is 24.3 Å². The molecule has 1 aliphatic rings. The molecular formula is C13H19NO. The van der Waals surface area contributed by atoms with E-state index in [1.54, 1.807) is 0 Å². The molecule has 15 heavy (non-hydrogen) atoms. The Morgan fingerprint density at radius 1 is 1.27 bits per heavy atom. The van der Waals surface area contributed by atoms with Gasteiger partial charge in [0.15, 0.2) is 0 Å². The van der Waals surface area contributed by atoms with Gasteiger partial charge in [-0.05, 0) is 43.4 Å². The number of hydrogen-bond acceptors (Lipinski definition) is 2. The van der Waals surface area contributed by atoms with Gasteiger partial charge in [0.25, 0.3) is 0 Å². The van der Waals surface area contributed by atoms with E-state index in [1.807, 2.05) is 0 Å². The number of nitrogens with two attached hydrogens (primary N) is 1. The van der Waals surface area contributed by atoms with Crippen LogP contribution in [0.2, 0.25) is 0 Å². The van der Waals surface area contributed by atoms with Crippen LogP contribution < -0.4 is 5.73 Å². The molecule has 0 spiro atoms. The molecule has 1 fully saturated rings. The third-order valence-corrected chi connectivity index (χ3v) is 2.95. The maximum atomic E-state index is 5.64. The summed E-state index contributed by atoms with van der Waals surface area (Å²) in [4.78, 5) is 0. The highest BCUT2D eigenvalue weighted by atomic mass is 16.5. The third kappa shape index (κ3) is 2.80. The molecular weight excluding hydrogens is 186 g/mol. The SMILES string of the molecule is NCCCc1ccc(C2CCCO2)cc1. The van der Waals surface area contributed by atoms with Gasteiger partial charge in [-0.2, -0.15) is 0 Å². The molecule has 0 radical (unpaired) electrons. The second kappa shape index (κ2) is 5.29. The summed E-state index contributed by atoms with van der Waals surface area (Å²) in [5.41, 5.74) is 8.19. The summed E-state index contributed by atoms with van der Waals surface area (Å²) < 4.78 is 5.64. The minimum Gasteiger partial charge on any atom is -0.374 e. The lowest BCUT2D eigenvalue weighted by Crippen LogP contribution is -2.01. The molecule has 2 rings (SSSR count). The number of hydrogen-bond donors (Lipinski definition) is 1. The van der Waals surface area contributed by atoms with Crippen LogP contribution in [0.25, 0.3) is 0 Å². The number of aryl methyl sites for hydroxylation is 1. The van der Waals surface area contributed by atoms with Crippen LogP contribution in [0.1, 0.15) is 36.5 Å². The Labute approximate surface area is 91.4 Å². The van der Waals surface area contributed by atoms with Crippen molar-refractivity contribution in [3.63, 3.8) is 0 Å². The van der Waals surface area contributed by atoms with E-state index in [-0.39, 0.29) is 0 Å². The molecule has 0 bridgehead atoms. The summed E-state index contributed by atoms with van der Waals surface area (Å²) in [5, 5.41) is 0. The van der Waals surface area contributed by atoms with E-state index in [0.717, 1.165) is 26.0 Å². The average molecular weight is 205 g/mol. The Balaban J connectivity index is 1.96. The first-order valence-electron chi connectivity index (χ1n) is 5.80. The molecule has 1 saturated heterocycles. The summed E-state index contributed by atoms with van der Waals surface area (Å²) in [6, 6.07) is 8.79. The average Bonchev–Trinajstić information content (AvgIpc) is 2.80. The second-order valence-electron chi connectivity index (χ2n) is 4.14. The van der Waals surface area contributed by atoms with Crippen molar-refractivity contribution in [3.8, 4) is 0 Å². The van der Waals surface area contributed by atoms with Crippen molar-refractivity contribution in [2.75, 3.05) is 13.2 Å². The Hall–Kier alpha value is -0.860. The molecule has 0 saturated carbocycles. The number of ether oxygens (including phenoxy) is 1. The maximum Gasteiger partial charge on any atom is 0.0825 e. The zero-order valence-corrected chi connectivity index (χ0v) is 9.11. The van der Waals surface area contributed by atoms with E-state index in [1.165, 1.54) is 24.0 Å². The van der Waals surface area contributed by atoms with E-state index >= 15 is 0 Å². The summed E-state index contributed by atoms with van der Waals surface area (Å²) in [6.45, 7) is 1.69. The Morgan fingerprint density at radius 2 is 2.07 bits per heavy atom. The molecule has 2 nitrogen and oxygen atoms in total. The van der Waals surface area contributed by atoms with Crippen molar-refractivity contribution in [3.05, 3.63) is 35.4 Å². The smallest absolute Gasteiger partial charge is 0.0825 e. The topological polar surface area (TPSA) is 35.2 Å². The van der Waals surface area contributed by atoms with Crippen LogP contribution in [0.4, 0.5) is 0 Å². The third-order valence-electron chi connectivity index (χ3n) is 2.95. The van der Waals surface area contributed by atoms with Crippen LogP contribution in [-0.4, -0.2) is 13.2 Å². The van der Waals surface area contributed by atoms with Gasteiger partial charge in [0.2, 0.25) is 0 Å². The highest BCUT2D eigenvalue weighted by Crippen LogP contribution is 2.28. The van der Waals surface area contributed by atoms with E-state index in [4.69, 9.17) is 10.5 Å². The lowest BCUT2D eigenvalue weighted by molar-refractivity contribution is 0.112. The number of benzene rings is 1. The monoisotopic (exact) mass is 205 g/mol. The van der Waals surface area contributed by atoms with Crippen LogP contribution in [0, 0.1) is 0 Å². The van der Waals surface area contributed by atoms with Gasteiger partial charge in [0.1, 0.15) is 0 Å². The molecule has 2 heteroatoms. The molecule has 0 amide bonds. The summed E-state index contributed by atoms with van der Waals surface area (Å²) in [5.74, 6) is 0. The van der Waals surface area contributed by atoms with Gasteiger partial charge in [-0.25, -0.2) is 0 Å². The quantitative estimate of drug-likeness (QED) is 0.819. The van der Waals surface area contributed by atoms with E-state index in [9.17, 15) is 0 Å². The molecule has 1 unspecified atom stereocenters. The summed E-state index contributed by atoms with van der Waals surface area (Å²) >= 11 is 0. The van der Waals surface area contributed by atoms with Crippen molar-refractivity contribution in [2.45, 2.75) is 31.8 Å². The van der Waals surface area contributed by atoms with Crippen LogP contribution >= 0.6 is 0 Å². The van der Waals surface area contributed by atoms with Gasteiger partial charge in [0.05, 0.1) is 6.10 Å². The molecule has 1 aliphatic heterocycles. The largest absolute Gasteiger partial charge is 0.374 e. The molecule has 1 atom stereocenters. The van der Waals surface area contributed by atoms with Crippen molar-refractivity contribution in [1.29, 1.82) is 0 Å². The maximum absolute atomic E-state index is 5.64. The zero-order chi connectivity index (χ0) is 10.5. The van der Waals surface area contributed by atoms with Gasteiger partial charge in [-0.1, -0.05) is 24.3 Å². The van der Waals surface area contributed by atoms with Gasteiger partial charge < -0.3 is 10.5 Å². The first-order valence-corrected chi connectivity index (χ1v) is 5.80. The second-order valence-corrected chi connectivity index (χ2v) is 4.14. The molecule has 1 heterocycles. The fraction of sp³-hybridized carbons (Fsp3) is 0.538. The predicted octanol–water partition coefficient (Wildman–Crippen LogP) is 2.43. The number of rotatable bonds is 4. The first kappa shape index (κ1) is 10.7. The molecule has 1 aromatic carbocycles. The van der Waals surface area contributed by atoms with Gasteiger partial charge in [0, 0.05) is 6.61 Å². The van der Waals surface area contributed by atoms with E-state index < -0.39 is 0 Å². The lowest BCUT2D eigenvalue weighted by Gasteiger charge is -2.10. The van der Waals surface area contributed by atoms with Crippen molar-refractivity contribution >= 4 is 0 Å².